The maximum atomic E-state index is 4.86. The van der Waals surface area contributed by atoms with Crippen molar-refractivity contribution in [3.05, 3.63) is 94.5 Å². The Balaban J connectivity index is 1.67. The van der Waals surface area contributed by atoms with Crippen molar-refractivity contribution in [1.82, 2.24) is 9.55 Å². The van der Waals surface area contributed by atoms with Gasteiger partial charge in [-0.2, -0.15) is 0 Å². The molecule has 0 spiro atoms. The molecule has 4 aromatic rings. The van der Waals surface area contributed by atoms with Crippen molar-refractivity contribution in [3.8, 4) is 0 Å². The molecule has 2 heterocycles. The van der Waals surface area contributed by atoms with Crippen LogP contribution in [0.2, 0.25) is 0 Å². The van der Waals surface area contributed by atoms with Crippen LogP contribution in [0.4, 0.5) is 5.95 Å². The largest absolute Gasteiger partial charge is 0.349 e. The van der Waals surface area contributed by atoms with E-state index in [1.165, 1.54) is 16.6 Å². The van der Waals surface area contributed by atoms with Crippen LogP contribution in [-0.2, 0) is 0 Å². The predicted molar refractivity (Wildman–Crippen MR) is 109 cm³/mol. The van der Waals surface area contributed by atoms with Crippen molar-refractivity contribution in [3.63, 3.8) is 0 Å². The van der Waals surface area contributed by atoms with Crippen molar-refractivity contribution in [2.45, 2.75) is 18.5 Å². The first-order chi connectivity index (χ1) is 12.8. The Kier molecular flexibility index (Phi) is 3.79. The summed E-state index contributed by atoms with van der Waals surface area (Å²) in [5.41, 5.74) is 4.81. The standard InChI is InChI=1S/C22H18BrN3/c23-17-12-10-16(11-13-17)21-14-19(15-6-2-1-3-7-15)25-22-24-18-8-4-5-9-20(18)26(21)22/h1-13,19,21H,14H2,(H,24,25)/t19-,21-/m0/s1. The number of hydrogen-bond acceptors (Lipinski definition) is 2. The van der Waals surface area contributed by atoms with Gasteiger partial charge in [0.25, 0.3) is 0 Å². The summed E-state index contributed by atoms with van der Waals surface area (Å²) >= 11 is 3.55. The minimum Gasteiger partial charge on any atom is -0.349 e. The number of fused-ring (bicyclic) bond motifs is 3. The molecule has 0 aliphatic carbocycles. The SMILES string of the molecule is Brc1ccc([C@@H]2C[C@@H](c3ccccc3)Nc3nc4ccccc4n32)cc1. The lowest BCUT2D eigenvalue weighted by Crippen LogP contribution is -2.27. The first kappa shape index (κ1) is 15.6. The molecule has 3 nitrogen and oxygen atoms in total. The van der Waals surface area contributed by atoms with Crippen LogP contribution in [0.5, 0.6) is 0 Å². The number of benzene rings is 3. The van der Waals surface area contributed by atoms with E-state index in [9.17, 15) is 0 Å². The fourth-order valence-electron chi connectivity index (χ4n) is 3.88. The highest BCUT2D eigenvalue weighted by atomic mass is 79.9. The van der Waals surface area contributed by atoms with Gasteiger partial charge in [0, 0.05) is 4.47 Å². The molecule has 26 heavy (non-hydrogen) atoms. The number of imidazole rings is 1. The maximum Gasteiger partial charge on any atom is 0.204 e. The average Bonchev–Trinajstić information content (AvgIpc) is 3.07. The summed E-state index contributed by atoms with van der Waals surface area (Å²) in [5.74, 6) is 0.944. The van der Waals surface area contributed by atoms with Gasteiger partial charge in [0.15, 0.2) is 0 Å². The fourth-order valence-corrected chi connectivity index (χ4v) is 4.14. The molecule has 0 saturated carbocycles. The number of hydrogen-bond donors (Lipinski definition) is 1. The Morgan fingerprint density at radius 3 is 2.38 bits per heavy atom. The summed E-state index contributed by atoms with van der Waals surface area (Å²) in [6.07, 6.45) is 0.985. The molecule has 1 aliphatic heterocycles. The number of halogens is 1. The third-order valence-electron chi connectivity index (χ3n) is 5.13. The highest BCUT2D eigenvalue weighted by Crippen LogP contribution is 2.41. The highest BCUT2D eigenvalue weighted by molar-refractivity contribution is 9.10. The Bertz CT molecular complexity index is 1050. The van der Waals surface area contributed by atoms with Crippen molar-refractivity contribution in [2.24, 2.45) is 0 Å². The molecule has 0 amide bonds. The Morgan fingerprint density at radius 1 is 0.846 bits per heavy atom. The molecule has 0 unspecified atom stereocenters. The predicted octanol–water partition coefficient (Wildman–Crippen LogP) is 5.95. The van der Waals surface area contributed by atoms with Crippen LogP contribution >= 0.6 is 15.9 Å². The second-order valence-corrected chi connectivity index (χ2v) is 7.62. The first-order valence-electron chi connectivity index (χ1n) is 8.83. The molecule has 1 aliphatic rings. The van der Waals surface area contributed by atoms with Gasteiger partial charge in [0.05, 0.1) is 23.1 Å². The van der Waals surface area contributed by atoms with Gasteiger partial charge in [-0.15, -0.1) is 0 Å². The summed E-state index contributed by atoms with van der Waals surface area (Å²) in [6, 6.07) is 28.2. The van der Waals surface area contributed by atoms with E-state index in [0.717, 1.165) is 22.4 Å². The third-order valence-corrected chi connectivity index (χ3v) is 5.66. The molecule has 0 saturated heterocycles. The molecule has 2 atom stereocenters. The molecule has 5 rings (SSSR count). The van der Waals surface area contributed by atoms with Gasteiger partial charge < -0.3 is 9.88 Å². The zero-order valence-electron chi connectivity index (χ0n) is 14.1. The van der Waals surface area contributed by atoms with Crippen LogP contribution in [0.1, 0.15) is 29.6 Å². The topological polar surface area (TPSA) is 29.9 Å². The van der Waals surface area contributed by atoms with Crippen LogP contribution in [0, 0.1) is 0 Å². The monoisotopic (exact) mass is 403 g/mol. The number of aromatic nitrogens is 2. The van der Waals surface area contributed by atoms with E-state index in [-0.39, 0.29) is 12.1 Å². The van der Waals surface area contributed by atoms with E-state index in [4.69, 9.17) is 4.98 Å². The lowest BCUT2D eigenvalue weighted by molar-refractivity contribution is 0.477. The van der Waals surface area contributed by atoms with Crippen LogP contribution in [0.15, 0.2) is 83.3 Å². The number of rotatable bonds is 2. The summed E-state index contributed by atoms with van der Waals surface area (Å²) < 4.78 is 3.45. The lowest BCUT2D eigenvalue weighted by Gasteiger charge is -2.33. The highest BCUT2D eigenvalue weighted by Gasteiger charge is 2.30. The Morgan fingerprint density at radius 2 is 1.58 bits per heavy atom. The molecule has 128 valence electrons. The number of para-hydroxylation sites is 2. The van der Waals surface area contributed by atoms with Gasteiger partial charge in [-0.05, 0) is 41.8 Å². The van der Waals surface area contributed by atoms with Crippen molar-refractivity contribution < 1.29 is 0 Å². The molecule has 4 heteroatoms. The molecule has 0 radical (unpaired) electrons. The average molecular weight is 404 g/mol. The third kappa shape index (κ3) is 2.61. The molecule has 3 aromatic carbocycles. The molecule has 1 aromatic heterocycles. The van der Waals surface area contributed by atoms with Gasteiger partial charge in [0.2, 0.25) is 5.95 Å². The van der Waals surface area contributed by atoms with Gasteiger partial charge in [-0.1, -0.05) is 70.5 Å². The van der Waals surface area contributed by atoms with Gasteiger partial charge in [-0.3, -0.25) is 0 Å². The van der Waals surface area contributed by atoms with Crippen molar-refractivity contribution >= 4 is 32.9 Å². The minimum atomic E-state index is 0.245. The summed E-state index contributed by atoms with van der Waals surface area (Å²) in [7, 11) is 0. The summed E-state index contributed by atoms with van der Waals surface area (Å²) in [6.45, 7) is 0. The van der Waals surface area contributed by atoms with Gasteiger partial charge >= 0.3 is 0 Å². The zero-order valence-corrected chi connectivity index (χ0v) is 15.7. The van der Waals surface area contributed by atoms with Gasteiger partial charge in [0.1, 0.15) is 0 Å². The Labute approximate surface area is 160 Å². The van der Waals surface area contributed by atoms with E-state index in [0.29, 0.717) is 0 Å². The van der Waals surface area contributed by atoms with Crippen LogP contribution in [-0.4, -0.2) is 9.55 Å². The number of nitrogens with one attached hydrogen (secondary N) is 1. The molecule has 0 fully saturated rings. The van der Waals surface area contributed by atoms with E-state index < -0.39 is 0 Å². The van der Waals surface area contributed by atoms with E-state index in [2.05, 4.69) is 98.6 Å². The molecule has 1 N–H and O–H groups in total. The van der Waals surface area contributed by atoms with Crippen LogP contribution < -0.4 is 5.32 Å². The summed E-state index contributed by atoms with van der Waals surface area (Å²) in [5, 5.41) is 3.66. The zero-order chi connectivity index (χ0) is 17.5. The second-order valence-electron chi connectivity index (χ2n) is 6.70. The fraction of sp³-hybridized carbons (Fsp3) is 0.136. The van der Waals surface area contributed by atoms with Crippen LogP contribution in [0.25, 0.3) is 11.0 Å². The quantitative estimate of drug-likeness (QED) is 0.448. The van der Waals surface area contributed by atoms with E-state index in [1.807, 2.05) is 6.07 Å². The Hall–Kier alpha value is -2.59. The maximum absolute atomic E-state index is 4.86. The smallest absolute Gasteiger partial charge is 0.204 e. The van der Waals surface area contributed by atoms with E-state index in [1.54, 1.807) is 0 Å². The van der Waals surface area contributed by atoms with Crippen molar-refractivity contribution in [1.29, 1.82) is 0 Å². The minimum absolute atomic E-state index is 0.245. The normalized spacial score (nSPS) is 19.1. The molecule has 0 bridgehead atoms. The number of nitrogens with zero attached hydrogens (tertiary/aromatic N) is 2. The second kappa shape index (κ2) is 6.29. The lowest BCUT2D eigenvalue weighted by atomic mass is 9.93. The van der Waals surface area contributed by atoms with Crippen molar-refractivity contribution in [2.75, 3.05) is 5.32 Å². The molecular formula is C22H18BrN3. The number of anilines is 1. The van der Waals surface area contributed by atoms with Crippen LogP contribution in [0.3, 0.4) is 0 Å². The molecular weight excluding hydrogens is 386 g/mol. The van der Waals surface area contributed by atoms with E-state index >= 15 is 0 Å². The van der Waals surface area contributed by atoms with Gasteiger partial charge in [-0.25, -0.2) is 4.98 Å². The summed E-state index contributed by atoms with van der Waals surface area (Å²) in [4.78, 5) is 4.86. The first-order valence-corrected chi connectivity index (χ1v) is 9.63.